The third-order valence-electron chi connectivity index (χ3n) is 3.53. The molecule has 106 valence electrons. The number of alkyl carbamates (subject to hydrolysis) is 1. The highest BCUT2D eigenvalue weighted by Gasteiger charge is 2.30. The van der Waals surface area contributed by atoms with Gasteiger partial charge in [-0.25, -0.2) is 4.79 Å². The SMILES string of the molecule is O=C(NC1CC(=O)c2ccccc21)OCc1ccccc1. The Morgan fingerprint density at radius 2 is 1.81 bits per heavy atom. The fourth-order valence-corrected chi connectivity index (χ4v) is 2.50. The van der Waals surface area contributed by atoms with Crippen LogP contribution in [-0.2, 0) is 11.3 Å². The maximum absolute atomic E-state index is 11.8. The van der Waals surface area contributed by atoms with Crippen LogP contribution < -0.4 is 5.32 Å². The zero-order valence-corrected chi connectivity index (χ0v) is 11.4. The zero-order chi connectivity index (χ0) is 14.7. The molecular weight excluding hydrogens is 266 g/mol. The van der Waals surface area contributed by atoms with Crippen LogP contribution in [0.3, 0.4) is 0 Å². The van der Waals surface area contributed by atoms with Crippen molar-refractivity contribution in [3.8, 4) is 0 Å². The minimum atomic E-state index is -0.506. The van der Waals surface area contributed by atoms with Crippen LogP contribution in [0.1, 0.15) is 33.9 Å². The van der Waals surface area contributed by atoms with E-state index in [1.54, 1.807) is 6.07 Å². The molecule has 0 fully saturated rings. The fourth-order valence-electron chi connectivity index (χ4n) is 2.50. The predicted molar refractivity (Wildman–Crippen MR) is 77.9 cm³/mol. The second-order valence-corrected chi connectivity index (χ2v) is 4.97. The van der Waals surface area contributed by atoms with E-state index in [-0.39, 0.29) is 18.4 Å². The monoisotopic (exact) mass is 281 g/mol. The van der Waals surface area contributed by atoms with Gasteiger partial charge in [-0.3, -0.25) is 4.79 Å². The normalized spacial score (nSPS) is 16.4. The Morgan fingerprint density at radius 3 is 2.62 bits per heavy atom. The summed E-state index contributed by atoms with van der Waals surface area (Å²) >= 11 is 0. The molecule has 21 heavy (non-hydrogen) atoms. The van der Waals surface area contributed by atoms with Crippen LogP contribution in [0.2, 0.25) is 0 Å². The Hall–Kier alpha value is -2.62. The molecule has 0 saturated carbocycles. The third kappa shape index (κ3) is 2.94. The van der Waals surface area contributed by atoms with Crippen LogP contribution in [0.5, 0.6) is 0 Å². The molecule has 0 bridgehead atoms. The van der Waals surface area contributed by atoms with Gasteiger partial charge in [-0.15, -0.1) is 0 Å². The number of hydrogen-bond donors (Lipinski definition) is 1. The lowest BCUT2D eigenvalue weighted by molar-refractivity contribution is 0.0982. The number of ketones is 1. The van der Waals surface area contributed by atoms with E-state index in [1.807, 2.05) is 48.5 Å². The van der Waals surface area contributed by atoms with Crippen LogP contribution in [0.4, 0.5) is 4.79 Å². The van der Waals surface area contributed by atoms with E-state index in [2.05, 4.69) is 5.32 Å². The fraction of sp³-hybridized carbons (Fsp3) is 0.176. The number of ether oxygens (including phenoxy) is 1. The van der Waals surface area contributed by atoms with E-state index in [1.165, 1.54) is 0 Å². The number of carbonyl (C=O) groups is 2. The number of amides is 1. The summed E-state index contributed by atoms with van der Waals surface area (Å²) < 4.78 is 5.18. The first-order chi connectivity index (χ1) is 10.2. The molecule has 1 aliphatic rings. The van der Waals surface area contributed by atoms with Crippen molar-refractivity contribution < 1.29 is 14.3 Å². The van der Waals surface area contributed by atoms with E-state index in [9.17, 15) is 9.59 Å². The topological polar surface area (TPSA) is 55.4 Å². The average molecular weight is 281 g/mol. The van der Waals surface area contributed by atoms with E-state index >= 15 is 0 Å². The number of hydrogen-bond acceptors (Lipinski definition) is 3. The highest BCUT2D eigenvalue weighted by molar-refractivity contribution is 6.01. The van der Waals surface area contributed by atoms with Gasteiger partial charge in [-0.1, -0.05) is 54.6 Å². The lowest BCUT2D eigenvalue weighted by atomic mass is 10.1. The molecule has 0 saturated heterocycles. The van der Waals surface area contributed by atoms with E-state index < -0.39 is 6.09 Å². The van der Waals surface area contributed by atoms with Crippen molar-refractivity contribution in [1.82, 2.24) is 5.32 Å². The first kappa shape index (κ1) is 13.4. The van der Waals surface area contributed by atoms with Crippen LogP contribution in [0, 0.1) is 0 Å². The smallest absolute Gasteiger partial charge is 0.407 e. The summed E-state index contributed by atoms with van der Waals surface area (Å²) in [5.74, 6) is 0.0546. The number of nitrogens with one attached hydrogen (secondary N) is 1. The van der Waals surface area contributed by atoms with Crippen LogP contribution in [0.15, 0.2) is 54.6 Å². The standard InChI is InChI=1S/C17H15NO3/c19-16-10-15(13-8-4-5-9-14(13)16)18-17(20)21-11-12-6-2-1-3-7-12/h1-9,15H,10-11H2,(H,18,20). The molecule has 1 aliphatic carbocycles. The maximum Gasteiger partial charge on any atom is 0.407 e. The Kier molecular flexibility index (Phi) is 3.69. The molecule has 0 radical (unpaired) electrons. The van der Waals surface area contributed by atoms with Gasteiger partial charge in [0.05, 0.1) is 6.04 Å². The van der Waals surface area contributed by atoms with Gasteiger partial charge >= 0.3 is 6.09 Å². The Morgan fingerprint density at radius 1 is 1.10 bits per heavy atom. The van der Waals surface area contributed by atoms with Crippen molar-refractivity contribution in [1.29, 1.82) is 0 Å². The van der Waals surface area contributed by atoms with Gasteiger partial charge in [-0.05, 0) is 11.1 Å². The second-order valence-electron chi connectivity index (χ2n) is 4.97. The Balaban J connectivity index is 1.60. The first-order valence-corrected chi connectivity index (χ1v) is 6.83. The van der Waals surface area contributed by atoms with Gasteiger partial charge in [0.25, 0.3) is 0 Å². The molecule has 0 aliphatic heterocycles. The molecule has 1 atom stereocenters. The third-order valence-corrected chi connectivity index (χ3v) is 3.53. The van der Waals surface area contributed by atoms with Crippen molar-refractivity contribution in [2.75, 3.05) is 0 Å². The minimum absolute atomic E-state index is 0.0546. The van der Waals surface area contributed by atoms with Gasteiger partial charge in [0.1, 0.15) is 6.61 Å². The highest BCUT2D eigenvalue weighted by atomic mass is 16.5. The van der Waals surface area contributed by atoms with Gasteiger partial charge in [0.2, 0.25) is 0 Å². The number of carbonyl (C=O) groups excluding carboxylic acids is 2. The van der Waals surface area contributed by atoms with Crippen molar-refractivity contribution in [2.24, 2.45) is 0 Å². The van der Waals surface area contributed by atoms with Gasteiger partial charge in [0.15, 0.2) is 5.78 Å². The number of rotatable bonds is 3. The van der Waals surface area contributed by atoms with E-state index in [0.29, 0.717) is 12.0 Å². The molecule has 0 heterocycles. The Bertz CT molecular complexity index is 667. The lowest BCUT2D eigenvalue weighted by Gasteiger charge is -2.13. The molecule has 4 heteroatoms. The lowest BCUT2D eigenvalue weighted by Crippen LogP contribution is -2.27. The van der Waals surface area contributed by atoms with E-state index in [0.717, 1.165) is 11.1 Å². The summed E-state index contributed by atoms with van der Waals surface area (Å²) in [5.41, 5.74) is 2.47. The number of Topliss-reactive ketones (excluding diaryl/α,β-unsaturated/α-hetero) is 1. The Labute approximate surface area is 122 Å². The highest BCUT2D eigenvalue weighted by Crippen LogP contribution is 2.30. The second kappa shape index (κ2) is 5.79. The van der Waals surface area contributed by atoms with E-state index in [4.69, 9.17) is 4.74 Å². The summed E-state index contributed by atoms with van der Waals surface area (Å²) in [7, 11) is 0. The molecule has 1 N–H and O–H groups in total. The number of fused-ring (bicyclic) bond motifs is 1. The van der Waals surface area contributed by atoms with Gasteiger partial charge in [0, 0.05) is 12.0 Å². The van der Waals surface area contributed by atoms with Crippen LogP contribution in [-0.4, -0.2) is 11.9 Å². The quantitative estimate of drug-likeness (QED) is 0.939. The summed E-state index contributed by atoms with van der Waals surface area (Å²) in [6.45, 7) is 0.217. The zero-order valence-electron chi connectivity index (χ0n) is 11.4. The van der Waals surface area contributed by atoms with Crippen LogP contribution >= 0.6 is 0 Å². The minimum Gasteiger partial charge on any atom is -0.445 e. The predicted octanol–water partition coefficient (Wildman–Crippen LogP) is 3.24. The summed E-state index contributed by atoms with van der Waals surface area (Å²) in [6, 6.07) is 16.5. The molecule has 2 aromatic carbocycles. The first-order valence-electron chi connectivity index (χ1n) is 6.83. The average Bonchev–Trinajstić information content (AvgIpc) is 2.83. The van der Waals surface area contributed by atoms with Crippen molar-refractivity contribution in [3.05, 3.63) is 71.3 Å². The molecule has 1 amide bonds. The van der Waals surface area contributed by atoms with Gasteiger partial charge in [-0.2, -0.15) is 0 Å². The van der Waals surface area contributed by atoms with Crippen molar-refractivity contribution in [2.45, 2.75) is 19.1 Å². The molecule has 2 aromatic rings. The maximum atomic E-state index is 11.8. The van der Waals surface area contributed by atoms with Crippen LogP contribution in [0.25, 0.3) is 0 Å². The van der Waals surface area contributed by atoms with Gasteiger partial charge < -0.3 is 10.1 Å². The molecular formula is C17H15NO3. The van der Waals surface area contributed by atoms with Crippen molar-refractivity contribution >= 4 is 11.9 Å². The molecule has 3 rings (SSSR count). The summed E-state index contributed by atoms with van der Waals surface area (Å²) in [5, 5.41) is 2.75. The molecule has 1 unspecified atom stereocenters. The largest absolute Gasteiger partial charge is 0.445 e. The van der Waals surface area contributed by atoms with Crippen molar-refractivity contribution in [3.63, 3.8) is 0 Å². The molecule has 4 nitrogen and oxygen atoms in total. The molecule has 0 spiro atoms. The summed E-state index contributed by atoms with van der Waals surface area (Å²) in [6.07, 6.45) is -0.215. The molecule has 0 aromatic heterocycles. The number of benzene rings is 2. The summed E-state index contributed by atoms with van der Waals surface area (Å²) in [4.78, 5) is 23.7.